The van der Waals surface area contributed by atoms with E-state index in [1.807, 2.05) is 38.2 Å². The Balaban J connectivity index is 1.55. The van der Waals surface area contributed by atoms with E-state index in [1.54, 1.807) is 6.20 Å². The number of aromatic carboxylic acids is 1. The van der Waals surface area contributed by atoms with Crippen LogP contribution < -0.4 is 10.5 Å². The second-order valence-corrected chi connectivity index (χ2v) is 9.07. The third kappa shape index (κ3) is 3.56. The number of fused-ring (bicyclic) bond motifs is 3. The van der Waals surface area contributed by atoms with Crippen molar-refractivity contribution in [1.82, 2.24) is 15.0 Å². The number of nitrogens with one attached hydrogen (secondary N) is 1. The van der Waals surface area contributed by atoms with E-state index in [2.05, 4.69) is 15.0 Å². The third-order valence-electron chi connectivity index (χ3n) is 6.63. The van der Waals surface area contributed by atoms with Crippen LogP contribution in [0.3, 0.4) is 0 Å². The van der Waals surface area contributed by atoms with Gasteiger partial charge in [-0.25, -0.2) is 9.78 Å². The summed E-state index contributed by atoms with van der Waals surface area (Å²) in [5, 5.41) is 9.99. The van der Waals surface area contributed by atoms with Gasteiger partial charge in [-0.05, 0) is 68.7 Å². The van der Waals surface area contributed by atoms with Gasteiger partial charge in [0.05, 0.1) is 23.1 Å². The number of hydrogen-bond acceptors (Lipinski definition) is 5. The van der Waals surface area contributed by atoms with E-state index in [0.29, 0.717) is 29.5 Å². The zero-order chi connectivity index (χ0) is 22.4. The number of carboxylic acid groups (broad SMARTS) is 1. The van der Waals surface area contributed by atoms with E-state index in [0.717, 1.165) is 59.3 Å². The normalized spacial score (nSPS) is 16.2. The Labute approximate surface area is 187 Å². The lowest BCUT2D eigenvalue weighted by molar-refractivity contribution is 0.0693. The van der Waals surface area contributed by atoms with Crippen LogP contribution in [-0.2, 0) is 12.8 Å². The number of rotatable bonds is 6. The van der Waals surface area contributed by atoms with E-state index >= 15 is 0 Å². The number of pyridine rings is 2. The molecule has 2 aliphatic rings. The smallest absolute Gasteiger partial charge is 0.337 e. The Hall–Kier alpha value is -3.19. The monoisotopic (exact) mass is 432 g/mol. The maximum atomic E-state index is 12.2. The average Bonchev–Trinajstić information content (AvgIpc) is 3.13. The highest BCUT2D eigenvalue weighted by atomic mass is 16.5. The van der Waals surface area contributed by atoms with Crippen LogP contribution in [0, 0.1) is 5.92 Å². The second kappa shape index (κ2) is 8.06. The lowest BCUT2D eigenvalue weighted by Crippen LogP contribution is -2.28. The van der Waals surface area contributed by atoms with Crippen LogP contribution in [0.2, 0.25) is 0 Å². The largest absolute Gasteiger partial charge is 0.478 e. The van der Waals surface area contributed by atoms with Crippen LogP contribution in [0.1, 0.15) is 66.3 Å². The molecule has 1 unspecified atom stereocenters. The molecule has 7 nitrogen and oxygen atoms in total. The summed E-state index contributed by atoms with van der Waals surface area (Å²) < 4.78 is 5.63. The maximum absolute atomic E-state index is 12.2. The molecule has 3 aromatic heterocycles. The molecule has 32 heavy (non-hydrogen) atoms. The molecule has 4 N–H and O–H groups in total. The number of aromatic amines is 1. The van der Waals surface area contributed by atoms with Crippen molar-refractivity contribution in [2.24, 2.45) is 11.7 Å². The lowest BCUT2D eigenvalue weighted by Gasteiger charge is -2.31. The van der Waals surface area contributed by atoms with Gasteiger partial charge >= 0.3 is 5.97 Å². The summed E-state index contributed by atoms with van der Waals surface area (Å²) in [6, 6.07) is 5.53. The predicted octanol–water partition coefficient (Wildman–Crippen LogP) is 4.52. The van der Waals surface area contributed by atoms with Gasteiger partial charge in [-0.15, -0.1) is 0 Å². The van der Waals surface area contributed by atoms with Crippen molar-refractivity contribution >= 4 is 5.97 Å². The summed E-state index contributed by atoms with van der Waals surface area (Å²) in [5.41, 5.74) is 13.0. The standard InChI is InChI=1S/C25H28N4O3/c1-13(2)32-20-9-7-16(12-28-20)19-10-18-15(11-27-19)6-8-17-21(25(30)31)24(29-23(17)18)22(26)14-4-3-5-14/h7,9-14,22,29H,3-6,8,26H2,1-2H3,(H,30,31). The van der Waals surface area contributed by atoms with Crippen molar-refractivity contribution in [1.29, 1.82) is 0 Å². The van der Waals surface area contributed by atoms with Crippen LogP contribution in [-0.4, -0.2) is 32.1 Å². The molecule has 2 aliphatic carbocycles. The van der Waals surface area contributed by atoms with E-state index < -0.39 is 5.97 Å². The molecule has 0 aromatic carbocycles. The Morgan fingerprint density at radius 1 is 1.22 bits per heavy atom. The highest BCUT2D eigenvalue weighted by Gasteiger charge is 2.34. The minimum absolute atomic E-state index is 0.0606. The first-order valence-electron chi connectivity index (χ1n) is 11.3. The number of ether oxygens (including phenoxy) is 1. The summed E-state index contributed by atoms with van der Waals surface area (Å²) in [4.78, 5) is 24.6. The fourth-order valence-electron chi connectivity index (χ4n) is 4.75. The number of carboxylic acids is 1. The topological polar surface area (TPSA) is 114 Å². The summed E-state index contributed by atoms with van der Waals surface area (Å²) in [5.74, 6) is 0.0161. The summed E-state index contributed by atoms with van der Waals surface area (Å²) in [7, 11) is 0. The molecule has 0 spiro atoms. The lowest BCUT2D eigenvalue weighted by atomic mass is 9.78. The number of hydrogen-bond donors (Lipinski definition) is 3. The van der Waals surface area contributed by atoms with Crippen molar-refractivity contribution in [3.05, 3.63) is 53.0 Å². The van der Waals surface area contributed by atoms with Crippen molar-refractivity contribution in [3.8, 4) is 28.4 Å². The molecule has 1 atom stereocenters. The zero-order valence-corrected chi connectivity index (χ0v) is 18.4. The summed E-state index contributed by atoms with van der Waals surface area (Å²) in [6.45, 7) is 3.93. The molecular formula is C25H28N4O3. The molecule has 3 aromatic rings. The van der Waals surface area contributed by atoms with Crippen molar-refractivity contribution in [2.75, 3.05) is 0 Å². The van der Waals surface area contributed by atoms with Crippen LogP contribution in [0.4, 0.5) is 0 Å². The van der Waals surface area contributed by atoms with Gasteiger partial charge in [-0.3, -0.25) is 4.98 Å². The highest BCUT2D eigenvalue weighted by Crippen LogP contribution is 2.42. The molecule has 166 valence electrons. The predicted molar refractivity (Wildman–Crippen MR) is 122 cm³/mol. The molecule has 1 saturated carbocycles. The molecule has 0 saturated heterocycles. The van der Waals surface area contributed by atoms with Crippen LogP contribution >= 0.6 is 0 Å². The van der Waals surface area contributed by atoms with Crippen molar-refractivity contribution < 1.29 is 14.6 Å². The van der Waals surface area contributed by atoms with Gasteiger partial charge in [-0.2, -0.15) is 0 Å². The van der Waals surface area contributed by atoms with Crippen LogP contribution in [0.25, 0.3) is 22.5 Å². The third-order valence-corrected chi connectivity index (χ3v) is 6.63. The van der Waals surface area contributed by atoms with Crippen LogP contribution in [0.15, 0.2) is 30.6 Å². The zero-order valence-electron chi connectivity index (χ0n) is 18.4. The van der Waals surface area contributed by atoms with Crippen molar-refractivity contribution in [2.45, 2.75) is 58.1 Å². The van der Waals surface area contributed by atoms with E-state index in [9.17, 15) is 9.90 Å². The van der Waals surface area contributed by atoms with Gasteiger partial charge in [0.15, 0.2) is 0 Å². The maximum Gasteiger partial charge on any atom is 0.337 e. The first-order chi connectivity index (χ1) is 15.4. The minimum atomic E-state index is -0.907. The fourth-order valence-corrected chi connectivity index (χ4v) is 4.75. The molecule has 1 fully saturated rings. The fraction of sp³-hybridized carbons (Fsp3) is 0.400. The van der Waals surface area contributed by atoms with Gasteiger partial charge in [-0.1, -0.05) is 6.42 Å². The number of aryl methyl sites for hydroxylation is 1. The van der Waals surface area contributed by atoms with Gasteiger partial charge in [0.25, 0.3) is 0 Å². The summed E-state index contributed by atoms with van der Waals surface area (Å²) >= 11 is 0. The minimum Gasteiger partial charge on any atom is -0.478 e. The van der Waals surface area contributed by atoms with E-state index in [-0.39, 0.29) is 12.1 Å². The van der Waals surface area contributed by atoms with Gasteiger partial charge in [0.2, 0.25) is 5.88 Å². The number of nitrogens with two attached hydrogens (primary N) is 1. The Kier molecular flexibility index (Phi) is 5.21. The highest BCUT2D eigenvalue weighted by molar-refractivity contribution is 5.95. The quantitative estimate of drug-likeness (QED) is 0.528. The average molecular weight is 433 g/mol. The molecular weight excluding hydrogens is 404 g/mol. The SMILES string of the molecule is CC(C)Oc1ccc(-c2cc3c(cn2)CCc2c-3[nH]c(C(N)C3CCC3)c2C(=O)O)cn1. The van der Waals surface area contributed by atoms with Gasteiger partial charge < -0.3 is 20.6 Å². The Morgan fingerprint density at radius 2 is 2.03 bits per heavy atom. The summed E-state index contributed by atoms with van der Waals surface area (Å²) in [6.07, 6.45) is 8.40. The number of nitrogens with zero attached hydrogens (tertiary/aromatic N) is 2. The molecule has 7 heteroatoms. The molecule has 0 aliphatic heterocycles. The molecule has 0 radical (unpaired) electrons. The molecule has 5 rings (SSSR count). The molecule has 0 amide bonds. The molecule has 3 heterocycles. The first-order valence-corrected chi connectivity index (χ1v) is 11.3. The first kappa shape index (κ1) is 20.7. The molecule has 0 bridgehead atoms. The number of aromatic nitrogens is 3. The van der Waals surface area contributed by atoms with Crippen LogP contribution in [0.5, 0.6) is 5.88 Å². The second-order valence-electron chi connectivity index (χ2n) is 9.07. The van der Waals surface area contributed by atoms with Gasteiger partial charge in [0.1, 0.15) is 0 Å². The van der Waals surface area contributed by atoms with E-state index in [1.165, 1.54) is 0 Å². The van der Waals surface area contributed by atoms with E-state index in [4.69, 9.17) is 10.5 Å². The van der Waals surface area contributed by atoms with Gasteiger partial charge in [0, 0.05) is 41.3 Å². The number of carbonyl (C=O) groups is 1. The Morgan fingerprint density at radius 3 is 2.66 bits per heavy atom. The number of H-pyrrole nitrogens is 1. The van der Waals surface area contributed by atoms with Crippen molar-refractivity contribution in [3.63, 3.8) is 0 Å². The Bertz CT molecular complexity index is 1160.